The highest BCUT2D eigenvalue weighted by Gasteiger charge is 2.05. The van der Waals surface area contributed by atoms with Gasteiger partial charge in [0.05, 0.1) is 0 Å². The summed E-state index contributed by atoms with van der Waals surface area (Å²) in [6.07, 6.45) is 3.83. The molecule has 3 aromatic rings. The minimum Gasteiger partial charge on any atom is -0.356 e. The van der Waals surface area contributed by atoms with Crippen LogP contribution in [-0.4, -0.2) is 34.2 Å². The zero-order valence-corrected chi connectivity index (χ0v) is 15.7. The molecule has 0 spiro atoms. The molecule has 3 rings (SSSR count). The molecule has 0 aliphatic rings. The van der Waals surface area contributed by atoms with Crippen molar-refractivity contribution >= 4 is 11.6 Å². The highest BCUT2D eigenvalue weighted by Crippen LogP contribution is 2.10. The van der Waals surface area contributed by atoms with E-state index in [0.717, 1.165) is 43.4 Å². The molecule has 0 aliphatic heterocycles. The van der Waals surface area contributed by atoms with Gasteiger partial charge in [-0.2, -0.15) is 0 Å². The van der Waals surface area contributed by atoms with E-state index >= 15 is 0 Å². The fourth-order valence-electron chi connectivity index (χ4n) is 2.96. The molecule has 136 valence electrons. The van der Waals surface area contributed by atoms with Crippen molar-refractivity contribution in [3.8, 4) is 0 Å². The Morgan fingerprint density at radius 2 is 2.00 bits per heavy atom. The first kappa shape index (κ1) is 17.9. The summed E-state index contributed by atoms with van der Waals surface area (Å²) in [7, 11) is 1.80. The third-order valence-corrected chi connectivity index (χ3v) is 4.42. The van der Waals surface area contributed by atoms with E-state index < -0.39 is 0 Å². The van der Waals surface area contributed by atoms with Crippen LogP contribution >= 0.6 is 0 Å². The molecule has 6 heteroatoms. The summed E-state index contributed by atoms with van der Waals surface area (Å²) in [5.41, 5.74) is 4.76. The summed E-state index contributed by atoms with van der Waals surface area (Å²) in [6, 6.07) is 12.5. The Kier molecular flexibility index (Phi) is 5.84. The van der Waals surface area contributed by atoms with Crippen LogP contribution in [0.4, 0.5) is 0 Å². The lowest BCUT2D eigenvalue weighted by molar-refractivity contribution is 0.713. The van der Waals surface area contributed by atoms with E-state index in [4.69, 9.17) is 0 Å². The first-order valence-electron chi connectivity index (χ1n) is 8.96. The predicted molar refractivity (Wildman–Crippen MR) is 105 cm³/mol. The van der Waals surface area contributed by atoms with Gasteiger partial charge in [0.25, 0.3) is 0 Å². The summed E-state index contributed by atoms with van der Waals surface area (Å²) in [5.74, 6) is 1.80. The second-order valence-corrected chi connectivity index (χ2v) is 6.43. The molecule has 6 nitrogen and oxygen atoms in total. The van der Waals surface area contributed by atoms with Gasteiger partial charge in [-0.25, -0.2) is 0 Å². The number of rotatable bonds is 6. The zero-order chi connectivity index (χ0) is 18.4. The monoisotopic (exact) mass is 350 g/mol. The molecular formula is C20H26N6. The highest BCUT2D eigenvalue weighted by molar-refractivity contribution is 5.79. The minimum atomic E-state index is 0.764. The lowest BCUT2D eigenvalue weighted by Gasteiger charge is -2.13. The standard InChI is InChI=1S/C20H26N6/c1-15-9-10-17(16(2)13-15)14-23-20(21-3)22-11-6-8-19-25-24-18-7-4-5-12-26(18)19/h4-5,7,9-10,12-13H,6,8,11,14H2,1-3H3,(H2,21,22,23). The number of hydrogen-bond acceptors (Lipinski definition) is 3. The molecular weight excluding hydrogens is 324 g/mol. The Balaban J connectivity index is 1.45. The van der Waals surface area contributed by atoms with Crippen molar-refractivity contribution in [3.63, 3.8) is 0 Å². The molecule has 0 radical (unpaired) electrons. The van der Waals surface area contributed by atoms with Gasteiger partial charge >= 0.3 is 0 Å². The summed E-state index contributed by atoms with van der Waals surface area (Å²) < 4.78 is 2.03. The third kappa shape index (κ3) is 4.39. The minimum absolute atomic E-state index is 0.764. The number of nitrogens with one attached hydrogen (secondary N) is 2. The quantitative estimate of drug-likeness (QED) is 0.407. The number of hydrogen-bond donors (Lipinski definition) is 2. The third-order valence-electron chi connectivity index (χ3n) is 4.42. The number of nitrogens with zero attached hydrogens (tertiary/aromatic N) is 4. The van der Waals surface area contributed by atoms with Gasteiger partial charge in [-0.3, -0.25) is 9.39 Å². The van der Waals surface area contributed by atoms with Gasteiger partial charge in [0.1, 0.15) is 5.82 Å². The SMILES string of the molecule is CN=C(NCCCc1nnc2ccccn12)NCc1ccc(C)cc1C. The van der Waals surface area contributed by atoms with Crippen LogP contribution in [0.25, 0.3) is 5.65 Å². The lowest BCUT2D eigenvalue weighted by Crippen LogP contribution is -2.37. The number of fused-ring (bicyclic) bond motifs is 1. The molecule has 0 saturated carbocycles. The van der Waals surface area contributed by atoms with Gasteiger partial charge < -0.3 is 10.6 Å². The molecule has 0 atom stereocenters. The summed E-state index contributed by atoms with van der Waals surface area (Å²) in [4.78, 5) is 4.30. The zero-order valence-electron chi connectivity index (χ0n) is 15.7. The molecule has 26 heavy (non-hydrogen) atoms. The van der Waals surface area contributed by atoms with Crippen LogP contribution in [0.2, 0.25) is 0 Å². The smallest absolute Gasteiger partial charge is 0.191 e. The van der Waals surface area contributed by atoms with Crippen LogP contribution in [-0.2, 0) is 13.0 Å². The molecule has 0 amide bonds. The van der Waals surface area contributed by atoms with Crippen molar-refractivity contribution in [2.45, 2.75) is 33.2 Å². The number of pyridine rings is 1. The maximum Gasteiger partial charge on any atom is 0.191 e. The average Bonchev–Trinajstić information content (AvgIpc) is 3.05. The summed E-state index contributed by atoms with van der Waals surface area (Å²) in [5, 5.41) is 15.2. The molecule has 2 N–H and O–H groups in total. The Morgan fingerprint density at radius 1 is 1.12 bits per heavy atom. The second-order valence-electron chi connectivity index (χ2n) is 6.43. The average molecular weight is 350 g/mol. The predicted octanol–water partition coefficient (Wildman–Crippen LogP) is 2.64. The summed E-state index contributed by atoms with van der Waals surface area (Å²) >= 11 is 0. The van der Waals surface area contributed by atoms with Crippen molar-refractivity contribution in [3.05, 3.63) is 65.1 Å². The second kappa shape index (κ2) is 8.47. The van der Waals surface area contributed by atoms with E-state index in [-0.39, 0.29) is 0 Å². The van der Waals surface area contributed by atoms with Gasteiger partial charge in [0.15, 0.2) is 11.6 Å². The topological polar surface area (TPSA) is 66.6 Å². The van der Waals surface area contributed by atoms with Gasteiger partial charge in [0, 0.05) is 32.8 Å². The van der Waals surface area contributed by atoms with Gasteiger partial charge in [0.2, 0.25) is 0 Å². The van der Waals surface area contributed by atoms with Gasteiger partial charge in [-0.1, -0.05) is 29.8 Å². The fourth-order valence-corrected chi connectivity index (χ4v) is 2.96. The number of benzene rings is 1. The molecule has 0 fully saturated rings. The highest BCUT2D eigenvalue weighted by atomic mass is 15.2. The van der Waals surface area contributed by atoms with E-state index in [1.54, 1.807) is 7.05 Å². The van der Waals surface area contributed by atoms with Crippen molar-refractivity contribution in [1.29, 1.82) is 0 Å². The van der Waals surface area contributed by atoms with Gasteiger partial charge in [-0.15, -0.1) is 10.2 Å². The molecule has 2 aromatic heterocycles. The largest absolute Gasteiger partial charge is 0.356 e. The van der Waals surface area contributed by atoms with E-state index in [9.17, 15) is 0 Å². The van der Waals surface area contributed by atoms with Crippen LogP contribution in [0.5, 0.6) is 0 Å². The molecule has 0 unspecified atom stereocenters. The maximum atomic E-state index is 4.30. The van der Waals surface area contributed by atoms with Crippen LogP contribution in [0.3, 0.4) is 0 Å². The van der Waals surface area contributed by atoms with E-state index in [1.807, 2.05) is 28.8 Å². The number of aliphatic imine (C=N–C) groups is 1. The molecule has 0 bridgehead atoms. The van der Waals surface area contributed by atoms with Gasteiger partial charge in [-0.05, 0) is 43.5 Å². The first-order valence-corrected chi connectivity index (χ1v) is 8.96. The fraction of sp³-hybridized carbons (Fsp3) is 0.350. The Hall–Kier alpha value is -2.89. The van der Waals surface area contributed by atoms with E-state index in [2.05, 4.69) is 57.9 Å². The molecule has 0 aliphatic carbocycles. The Bertz CT molecular complexity index is 896. The van der Waals surface area contributed by atoms with Crippen LogP contribution in [0.15, 0.2) is 47.6 Å². The van der Waals surface area contributed by atoms with Crippen LogP contribution in [0.1, 0.15) is 28.9 Å². The van der Waals surface area contributed by atoms with Crippen molar-refractivity contribution in [2.24, 2.45) is 4.99 Å². The number of guanidine groups is 1. The van der Waals surface area contributed by atoms with E-state index in [0.29, 0.717) is 0 Å². The van der Waals surface area contributed by atoms with Crippen LogP contribution in [0, 0.1) is 13.8 Å². The normalized spacial score (nSPS) is 11.7. The number of aryl methyl sites for hydroxylation is 3. The molecule has 2 heterocycles. The van der Waals surface area contributed by atoms with E-state index in [1.165, 1.54) is 16.7 Å². The molecule has 1 aromatic carbocycles. The first-order chi connectivity index (χ1) is 12.7. The van der Waals surface area contributed by atoms with Crippen molar-refractivity contribution in [2.75, 3.05) is 13.6 Å². The summed E-state index contributed by atoms with van der Waals surface area (Å²) in [6.45, 7) is 5.85. The van der Waals surface area contributed by atoms with Crippen molar-refractivity contribution < 1.29 is 0 Å². The lowest BCUT2D eigenvalue weighted by atomic mass is 10.1. The molecule has 0 saturated heterocycles. The Morgan fingerprint density at radius 3 is 2.81 bits per heavy atom. The maximum absolute atomic E-state index is 4.30. The van der Waals surface area contributed by atoms with Crippen molar-refractivity contribution in [1.82, 2.24) is 25.2 Å². The number of aromatic nitrogens is 3. The van der Waals surface area contributed by atoms with Crippen LogP contribution < -0.4 is 10.6 Å². The Labute approximate surface area is 154 Å².